The first kappa shape index (κ1) is 19.8. The van der Waals surface area contributed by atoms with Gasteiger partial charge in [-0.15, -0.1) is 0 Å². The largest absolute Gasteiger partial charge is 0.416 e. The molecule has 29 heavy (non-hydrogen) atoms. The van der Waals surface area contributed by atoms with Crippen LogP contribution >= 0.6 is 0 Å². The van der Waals surface area contributed by atoms with E-state index in [1.54, 1.807) is 6.07 Å². The average Bonchev–Trinajstić information content (AvgIpc) is 3.10. The number of carbonyl (C=O) groups is 1. The van der Waals surface area contributed by atoms with Crippen molar-refractivity contribution in [2.75, 3.05) is 31.1 Å². The van der Waals surface area contributed by atoms with E-state index < -0.39 is 11.7 Å². The Morgan fingerprint density at radius 1 is 0.966 bits per heavy atom. The van der Waals surface area contributed by atoms with Gasteiger partial charge in [-0.25, -0.2) is 4.79 Å². The van der Waals surface area contributed by atoms with Gasteiger partial charge in [-0.05, 0) is 43.1 Å². The fourth-order valence-corrected chi connectivity index (χ4v) is 4.25. The van der Waals surface area contributed by atoms with Crippen LogP contribution in [-0.4, -0.2) is 48.1 Å². The van der Waals surface area contributed by atoms with E-state index in [-0.39, 0.29) is 12.1 Å². The molecule has 2 aliphatic heterocycles. The van der Waals surface area contributed by atoms with E-state index in [2.05, 4.69) is 17.0 Å². The van der Waals surface area contributed by atoms with Crippen LogP contribution in [0, 0.1) is 0 Å². The van der Waals surface area contributed by atoms with Crippen LogP contribution < -0.4 is 4.90 Å². The number of alkyl halides is 3. The number of hydrogen-bond donors (Lipinski definition) is 0. The van der Waals surface area contributed by atoms with Gasteiger partial charge in [0.05, 0.1) is 5.56 Å². The molecule has 2 aliphatic rings. The molecule has 0 aliphatic carbocycles. The number of likely N-dealkylation sites (tertiary alicyclic amines) is 1. The lowest BCUT2D eigenvalue weighted by molar-refractivity contribution is -0.137. The topological polar surface area (TPSA) is 26.8 Å². The maximum Gasteiger partial charge on any atom is 0.416 e. The Kier molecular flexibility index (Phi) is 5.50. The summed E-state index contributed by atoms with van der Waals surface area (Å²) in [7, 11) is 0. The number of hydrogen-bond acceptors (Lipinski definition) is 2. The van der Waals surface area contributed by atoms with Gasteiger partial charge in [-0.3, -0.25) is 9.80 Å². The Hall–Kier alpha value is -2.54. The molecule has 1 atom stereocenters. The highest BCUT2D eigenvalue weighted by Crippen LogP contribution is 2.33. The first-order valence-corrected chi connectivity index (χ1v) is 9.93. The first-order valence-electron chi connectivity index (χ1n) is 9.93. The number of nitrogens with zero attached hydrogens (tertiary/aromatic N) is 3. The van der Waals surface area contributed by atoms with Gasteiger partial charge in [0.25, 0.3) is 0 Å². The van der Waals surface area contributed by atoms with Crippen molar-refractivity contribution in [2.45, 2.75) is 31.6 Å². The molecule has 0 bridgehead atoms. The smallest absolute Gasteiger partial charge is 0.318 e. The molecule has 2 heterocycles. The molecule has 154 valence electrons. The third-order valence-corrected chi connectivity index (χ3v) is 5.70. The van der Waals surface area contributed by atoms with Crippen molar-refractivity contribution in [3.63, 3.8) is 0 Å². The Morgan fingerprint density at radius 3 is 2.52 bits per heavy atom. The Labute approximate surface area is 168 Å². The van der Waals surface area contributed by atoms with Gasteiger partial charge in [-0.1, -0.05) is 36.4 Å². The van der Waals surface area contributed by atoms with Crippen molar-refractivity contribution in [1.82, 2.24) is 9.80 Å². The molecule has 0 radical (unpaired) electrons. The summed E-state index contributed by atoms with van der Waals surface area (Å²) in [5, 5.41) is 0. The summed E-state index contributed by atoms with van der Waals surface area (Å²) in [5.41, 5.74) is 0.823. The zero-order valence-corrected chi connectivity index (χ0v) is 16.1. The first-order chi connectivity index (χ1) is 13.9. The van der Waals surface area contributed by atoms with Gasteiger partial charge in [0.1, 0.15) is 0 Å². The second kappa shape index (κ2) is 8.06. The van der Waals surface area contributed by atoms with Crippen LogP contribution in [-0.2, 0) is 12.7 Å². The minimum Gasteiger partial charge on any atom is -0.318 e. The second-order valence-corrected chi connectivity index (χ2v) is 7.69. The number of rotatable bonds is 4. The van der Waals surface area contributed by atoms with Crippen molar-refractivity contribution in [1.29, 1.82) is 0 Å². The number of piperidine rings is 1. The normalized spacial score (nSPS) is 21.1. The number of halogens is 3. The van der Waals surface area contributed by atoms with Crippen LogP contribution in [0.15, 0.2) is 54.6 Å². The summed E-state index contributed by atoms with van der Waals surface area (Å²) in [6.07, 6.45) is -2.49. The maximum absolute atomic E-state index is 13.0. The highest BCUT2D eigenvalue weighted by molar-refractivity contribution is 5.94. The molecule has 2 amide bonds. The molecule has 0 saturated carbocycles. The van der Waals surface area contributed by atoms with Crippen molar-refractivity contribution in [3.05, 3.63) is 65.7 Å². The van der Waals surface area contributed by atoms with Crippen LogP contribution in [0.4, 0.5) is 23.7 Å². The van der Waals surface area contributed by atoms with Crippen molar-refractivity contribution >= 4 is 11.7 Å². The molecule has 0 unspecified atom stereocenters. The fourth-order valence-electron chi connectivity index (χ4n) is 4.25. The van der Waals surface area contributed by atoms with E-state index in [0.29, 0.717) is 18.8 Å². The van der Waals surface area contributed by atoms with E-state index >= 15 is 0 Å². The number of benzene rings is 2. The highest BCUT2D eigenvalue weighted by atomic mass is 19.4. The van der Waals surface area contributed by atoms with Gasteiger partial charge in [0.2, 0.25) is 0 Å². The highest BCUT2D eigenvalue weighted by Gasteiger charge is 2.37. The number of carbonyl (C=O) groups excluding carboxylic acids is 1. The molecule has 0 spiro atoms. The number of anilines is 1. The van der Waals surface area contributed by atoms with Gasteiger partial charge in [0, 0.05) is 37.9 Å². The molecule has 7 heteroatoms. The summed E-state index contributed by atoms with van der Waals surface area (Å²) >= 11 is 0. The summed E-state index contributed by atoms with van der Waals surface area (Å²) in [5.74, 6) is 0. The second-order valence-electron chi connectivity index (χ2n) is 7.69. The van der Waals surface area contributed by atoms with E-state index in [4.69, 9.17) is 0 Å². The Morgan fingerprint density at radius 2 is 1.76 bits per heavy atom. The predicted octanol–water partition coefficient (Wildman–Crippen LogP) is 4.61. The van der Waals surface area contributed by atoms with Gasteiger partial charge < -0.3 is 4.90 Å². The van der Waals surface area contributed by atoms with Crippen LogP contribution in [0.5, 0.6) is 0 Å². The number of urea groups is 1. The van der Waals surface area contributed by atoms with Crippen LogP contribution in [0.25, 0.3) is 0 Å². The van der Waals surface area contributed by atoms with Gasteiger partial charge >= 0.3 is 12.2 Å². The van der Waals surface area contributed by atoms with Crippen LogP contribution in [0.3, 0.4) is 0 Å². The molecule has 2 aromatic rings. The van der Waals surface area contributed by atoms with Crippen molar-refractivity contribution in [2.24, 2.45) is 0 Å². The standard InChI is InChI=1S/C22H24F3N3O/c23-22(24,25)18-8-4-9-19(14-18)27-12-13-28(21(27)29)20-10-5-11-26(16-20)15-17-6-2-1-3-7-17/h1-4,6-9,14,20H,5,10-13,15-16H2/t20-/m1/s1. The molecular weight excluding hydrogens is 379 g/mol. The maximum atomic E-state index is 13.0. The third kappa shape index (κ3) is 4.40. The summed E-state index contributed by atoms with van der Waals surface area (Å²) < 4.78 is 39.1. The van der Waals surface area contributed by atoms with E-state index in [9.17, 15) is 18.0 Å². The van der Waals surface area contributed by atoms with Crippen molar-refractivity contribution in [3.8, 4) is 0 Å². The molecule has 4 rings (SSSR count). The lowest BCUT2D eigenvalue weighted by Gasteiger charge is -2.37. The molecule has 2 aromatic carbocycles. The molecular formula is C22H24F3N3O. The van der Waals surface area contributed by atoms with E-state index in [1.807, 2.05) is 23.1 Å². The average molecular weight is 403 g/mol. The number of amides is 2. The van der Waals surface area contributed by atoms with E-state index in [0.717, 1.165) is 44.6 Å². The Bertz CT molecular complexity index is 856. The Balaban J connectivity index is 1.43. The monoisotopic (exact) mass is 403 g/mol. The molecule has 0 aromatic heterocycles. The fraction of sp³-hybridized carbons (Fsp3) is 0.409. The minimum atomic E-state index is -4.42. The van der Waals surface area contributed by atoms with Crippen LogP contribution in [0.2, 0.25) is 0 Å². The molecule has 2 fully saturated rings. The molecule has 4 nitrogen and oxygen atoms in total. The minimum absolute atomic E-state index is 0.0933. The molecule has 2 saturated heterocycles. The molecule has 0 N–H and O–H groups in total. The van der Waals surface area contributed by atoms with Crippen molar-refractivity contribution < 1.29 is 18.0 Å². The zero-order valence-electron chi connectivity index (χ0n) is 16.1. The lowest BCUT2D eigenvalue weighted by Crippen LogP contribution is -2.49. The zero-order chi connectivity index (χ0) is 20.4. The van der Waals surface area contributed by atoms with Crippen LogP contribution in [0.1, 0.15) is 24.0 Å². The summed E-state index contributed by atoms with van der Waals surface area (Å²) in [6.45, 7) is 3.58. The summed E-state index contributed by atoms with van der Waals surface area (Å²) in [4.78, 5) is 18.6. The predicted molar refractivity (Wildman–Crippen MR) is 106 cm³/mol. The lowest BCUT2D eigenvalue weighted by atomic mass is 10.0. The van der Waals surface area contributed by atoms with E-state index in [1.165, 1.54) is 16.5 Å². The third-order valence-electron chi connectivity index (χ3n) is 5.70. The SMILES string of the molecule is O=C1N(c2cccc(C(F)(F)F)c2)CCN1[C@@H]1CCCN(Cc2ccccc2)C1. The summed E-state index contributed by atoms with van der Waals surface area (Å²) in [6, 6.07) is 15.1. The van der Waals surface area contributed by atoms with Gasteiger partial charge in [-0.2, -0.15) is 13.2 Å². The quantitative estimate of drug-likeness (QED) is 0.745. The van der Waals surface area contributed by atoms with Gasteiger partial charge in [0.15, 0.2) is 0 Å².